The molecule has 8 heteroatoms. The molecule has 0 aliphatic carbocycles. The quantitative estimate of drug-likeness (QED) is 0.192. The zero-order valence-corrected chi connectivity index (χ0v) is 10.1. The zero-order chi connectivity index (χ0) is 14.3. The molecule has 1 amide bonds. The van der Waals surface area contributed by atoms with Gasteiger partial charge in [0.05, 0.1) is 5.56 Å². The monoisotopic (exact) mass is 270 g/mol. The molecule has 0 aliphatic rings. The number of hydrogen-bond acceptors (Lipinski definition) is 5. The van der Waals surface area contributed by atoms with Crippen LogP contribution in [0.15, 0.2) is 23.4 Å². The number of nitrogens with one attached hydrogen (secondary N) is 1. The van der Waals surface area contributed by atoms with Gasteiger partial charge in [0.25, 0.3) is 0 Å². The van der Waals surface area contributed by atoms with Crippen molar-refractivity contribution in [3.05, 3.63) is 35.1 Å². The maximum absolute atomic E-state index is 13.9. The topological polar surface area (TPSA) is 123 Å². The predicted molar refractivity (Wildman–Crippen MR) is 66.2 cm³/mol. The van der Waals surface area contributed by atoms with E-state index in [1.54, 1.807) is 12.1 Å². The van der Waals surface area contributed by atoms with E-state index in [1.807, 2.05) is 0 Å². The highest BCUT2D eigenvalue weighted by atomic mass is 19.1. The molecule has 104 valence electrons. The zero-order valence-electron chi connectivity index (χ0n) is 10.1. The standard InChI is InChI=1S/C11H15FN4O3/c12-9-7(6-15-4-5-19-11(14)17)2-1-3-8(9)10(13)16-18/h1-3,15,18H,4-6H2,(H2,13,16)(H2,14,17). The van der Waals surface area contributed by atoms with Crippen molar-refractivity contribution in [2.45, 2.75) is 6.54 Å². The van der Waals surface area contributed by atoms with Crippen LogP contribution in [0.5, 0.6) is 0 Å². The van der Waals surface area contributed by atoms with E-state index in [1.165, 1.54) is 6.07 Å². The van der Waals surface area contributed by atoms with Crippen LogP contribution in [0.2, 0.25) is 0 Å². The van der Waals surface area contributed by atoms with E-state index >= 15 is 0 Å². The number of rotatable bonds is 6. The minimum atomic E-state index is -0.859. The number of oxime groups is 1. The number of halogens is 1. The SMILES string of the molecule is NC(=O)OCCNCc1cccc(/C(N)=N/O)c1F. The van der Waals surface area contributed by atoms with Crippen molar-refractivity contribution < 1.29 is 19.1 Å². The Morgan fingerprint density at radius 2 is 2.21 bits per heavy atom. The molecule has 0 saturated carbocycles. The van der Waals surface area contributed by atoms with Crippen molar-refractivity contribution >= 4 is 11.9 Å². The third kappa shape index (κ3) is 4.43. The summed E-state index contributed by atoms with van der Waals surface area (Å²) in [5.74, 6) is -0.863. The maximum atomic E-state index is 13.9. The molecule has 6 N–H and O–H groups in total. The highest BCUT2D eigenvalue weighted by molar-refractivity contribution is 5.97. The normalized spacial score (nSPS) is 11.3. The predicted octanol–water partition coefficient (Wildman–Crippen LogP) is 0.105. The number of carbonyl (C=O) groups is 1. The third-order valence-electron chi connectivity index (χ3n) is 2.30. The molecule has 1 rings (SSSR count). The largest absolute Gasteiger partial charge is 0.448 e. The first-order chi connectivity index (χ1) is 9.06. The average Bonchev–Trinajstić information content (AvgIpc) is 2.39. The van der Waals surface area contributed by atoms with E-state index in [4.69, 9.17) is 16.7 Å². The van der Waals surface area contributed by atoms with Crippen LogP contribution < -0.4 is 16.8 Å². The highest BCUT2D eigenvalue weighted by Crippen LogP contribution is 2.12. The lowest BCUT2D eigenvalue weighted by Crippen LogP contribution is -2.24. The van der Waals surface area contributed by atoms with Crippen LogP contribution in [-0.2, 0) is 11.3 Å². The second kappa shape index (κ2) is 7.17. The lowest BCUT2D eigenvalue weighted by atomic mass is 10.1. The fourth-order valence-electron chi connectivity index (χ4n) is 1.41. The molecule has 19 heavy (non-hydrogen) atoms. The summed E-state index contributed by atoms with van der Waals surface area (Å²) < 4.78 is 18.4. The van der Waals surface area contributed by atoms with Gasteiger partial charge in [-0.1, -0.05) is 17.3 Å². The lowest BCUT2D eigenvalue weighted by Gasteiger charge is -2.08. The number of ether oxygens (including phenoxy) is 1. The van der Waals surface area contributed by atoms with Crippen molar-refractivity contribution in [3.8, 4) is 0 Å². The molecule has 0 bridgehead atoms. The first-order valence-corrected chi connectivity index (χ1v) is 5.44. The maximum Gasteiger partial charge on any atom is 0.404 e. The second-order valence-corrected chi connectivity index (χ2v) is 3.61. The Bertz CT molecular complexity index is 479. The van der Waals surface area contributed by atoms with Gasteiger partial charge >= 0.3 is 6.09 Å². The second-order valence-electron chi connectivity index (χ2n) is 3.61. The van der Waals surface area contributed by atoms with Gasteiger partial charge in [0.1, 0.15) is 12.4 Å². The van der Waals surface area contributed by atoms with Crippen LogP contribution in [0.25, 0.3) is 0 Å². The number of amides is 1. The number of hydrogen-bond donors (Lipinski definition) is 4. The van der Waals surface area contributed by atoms with E-state index in [2.05, 4.69) is 15.2 Å². The van der Waals surface area contributed by atoms with Crippen molar-refractivity contribution in [2.75, 3.05) is 13.2 Å². The van der Waals surface area contributed by atoms with Gasteiger partial charge in [-0.15, -0.1) is 0 Å². The number of amidine groups is 1. The minimum absolute atomic E-state index is 0.0233. The van der Waals surface area contributed by atoms with E-state index < -0.39 is 11.9 Å². The van der Waals surface area contributed by atoms with Crippen molar-refractivity contribution in [3.63, 3.8) is 0 Å². The molecule has 0 atom stereocenters. The Hall–Kier alpha value is -2.35. The fraction of sp³-hybridized carbons (Fsp3) is 0.273. The molecule has 1 aromatic rings. The van der Waals surface area contributed by atoms with Crippen molar-refractivity contribution in [1.29, 1.82) is 0 Å². The van der Waals surface area contributed by atoms with Crippen LogP contribution in [0.3, 0.4) is 0 Å². The van der Waals surface area contributed by atoms with E-state index in [-0.39, 0.29) is 24.6 Å². The molecular formula is C11H15FN4O3. The van der Waals surface area contributed by atoms with Gasteiger partial charge in [-0.3, -0.25) is 0 Å². The summed E-state index contributed by atoms with van der Waals surface area (Å²) in [4.78, 5) is 10.3. The van der Waals surface area contributed by atoms with Gasteiger partial charge in [-0.25, -0.2) is 9.18 Å². The van der Waals surface area contributed by atoms with Crippen LogP contribution in [0.1, 0.15) is 11.1 Å². The van der Waals surface area contributed by atoms with E-state index in [9.17, 15) is 9.18 Å². The molecule has 0 aromatic heterocycles. The van der Waals surface area contributed by atoms with Crippen LogP contribution in [-0.4, -0.2) is 30.3 Å². The van der Waals surface area contributed by atoms with Gasteiger partial charge in [0, 0.05) is 18.7 Å². The summed E-state index contributed by atoms with van der Waals surface area (Å²) in [7, 11) is 0. The first kappa shape index (κ1) is 14.7. The number of nitrogens with two attached hydrogens (primary N) is 2. The highest BCUT2D eigenvalue weighted by Gasteiger charge is 2.10. The number of primary amides is 1. The van der Waals surface area contributed by atoms with Gasteiger partial charge in [-0.05, 0) is 6.07 Å². The Morgan fingerprint density at radius 1 is 1.47 bits per heavy atom. The van der Waals surface area contributed by atoms with Crippen molar-refractivity contribution in [1.82, 2.24) is 5.32 Å². The van der Waals surface area contributed by atoms with Gasteiger partial charge in [0.15, 0.2) is 5.84 Å². The molecule has 7 nitrogen and oxygen atoms in total. The van der Waals surface area contributed by atoms with Gasteiger partial charge in [0.2, 0.25) is 0 Å². The molecule has 0 spiro atoms. The van der Waals surface area contributed by atoms with Gasteiger partial charge < -0.3 is 26.7 Å². The molecule has 1 aromatic carbocycles. The molecule has 0 fully saturated rings. The number of nitrogens with zero attached hydrogens (tertiary/aromatic N) is 1. The Kier molecular flexibility index (Phi) is 5.55. The summed E-state index contributed by atoms with van der Waals surface area (Å²) >= 11 is 0. The summed E-state index contributed by atoms with van der Waals surface area (Å²) in [6.45, 7) is 0.633. The third-order valence-corrected chi connectivity index (χ3v) is 2.30. The molecule has 0 radical (unpaired) electrons. The van der Waals surface area contributed by atoms with Crippen LogP contribution in [0.4, 0.5) is 9.18 Å². The molecule has 0 unspecified atom stereocenters. The summed E-state index contributed by atoms with van der Waals surface area (Å²) in [5.41, 5.74) is 10.5. The van der Waals surface area contributed by atoms with Crippen LogP contribution >= 0.6 is 0 Å². The van der Waals surface area contributed by atoms with E-state index in [0.29, 0.717) is 12.1 Å². The summed E-state index contributed by atoms with van der Waals surface area (Å²) in [6, 6.07) is 4.56. The molecule has 0 aliphatic heterocycles. The number of carbonyl (C=O) groups excluding carboxylic acids is 1. The number of benzene rings is 1. The van der Waals surface area contributed by atoms with Crippen LogP contribution in [0, 0.1) is 5.82 Å². The average molecular weight is 270 g/mol. The molecular weight excluding hydrogens is 255 g/mol. The molecule has 0 heterocycles. The fourth-order valence-corrected chi connectivity index (χ4v) is 1.41. The summed E-state index contributed by atoms with van der Waals surface area (Å²) in [6.07, 6.45) is -0.859. The minimum Gasteiger partial charge on any atom is -0.448 e. The Labute approximate surface area is 109 Å². The Balaban J connectivity index is 2.57. The lowest BCUT2D eigenvalue weighted by molar-refractivity contribution is 0.157. The van der Waals surface area contributed by atoms with Crippen molar-refractivity contribution in [2.24, 2.45) is 16.6 Å². The first-order valence-electron chi connectivity index (χ1n) is 5.44. The Morgan fingerprint density at radius 3 is 2.84 bits per heavy atom. The molecule has 0 saturated heterocycles. The summed E-state index contributed by atoms with van der Waals surface area (Å²) in [5, 5.41) is 14.1. The smallest absolute Gasteiger partial charge is 0.404 e. The van der Waals surface area contributed by atoms with E-state index in [0.717, 1.165) is 0 Å². The van der Waals surface area contributed by atoms with Gasteiger partial charge in [-0.2, -0.15) is 0 Å².